The highest BCUT2D eigenvalue weighted by Crippen LogP contribution is 2.32. The second-order valence-corrected chi connectivity index (χ2v) is 7.38. The molecule has 0 radical (unpaired) electrons. The number of carbonyl (C=O) groups excluding carboxylic acids is 1. The standard InChI is InChI=1S/C19H25N3O4S/c1-4-25-14-6-7-15-17(12-14)27-19(20-15)22(9-5-8-21(2)3)18(23)16-13-24-10-11-26-16/h6-7,12-13H,4-5,8-11H2,1-3H3. The molecule has 1 aliphatic rings. The zero-order valence-corrected chi connectivity index (χ0v) is 16.8. The number of carbonyl (C=O) groups is 1. The lowest BCUT2D eigenvalue weighted by Gasteiger charge is -2.23. The molecule has 8 heteroatoms. The van der Waals surface area contributed by atoms with E-state index >= 15 is 0 Å². The zero-order chi connectivity index (χ0) is 19.2. The maximum atomic E-state index is 13.0. The minimum atomic E-state index is -0.224. The molecule has 0 saturated heterocycles. The Morgan fingerprint density at radius 1 is 1.30 bits per heavy atom. The number of benzene rings is 1. The predicted molar refractivity (Wildman–Crippen MR) is 106 cm³/mol. The van der Waals surface area contributed by atoms with E-state index in [1.807, 2.05) is 39.2 Å². The Balaban J connectivity index is 1.87. The summed E-state index contributed by atoms with van der Waals surface area (Å²) in [5, 5.41) is 0.650. The molecular formula is C19H25N3O4S. The third kappa shape index (κ3) is 4.90. The lowest BCUT2D eigenvalue weighted by atomic mass is 10.3. The molecule has 146 valence electrons. The number of hydrogen-bond acceptors (Lipinski definition) is 7. The molecule has 7 nitrogen and oxygen atoms in total. The Hall–Kier alpha value is -2.32. The predicted octanol–water partition coefficient (Wildman–Crippen LogP) is 2.87. The molecule has 2 aromatic rings. The van der Waals surface area contributed by atoms with Crippen LogP contribution < -0.4 is 9.64 Å². The first kappa shape index (κ1) is 19.4. The van der Waals surface area contributed by atoms with Gasteiger partial charge < -0.3 is 19.1 Å². The SMILES string of the molecule is CCOc1ccc2nc(N(CCCN(C)C)C(=O)C3=COCCO3)sc2c1. The average Bonchev–Trinajstić information content (AvgIpc) is 3.08. The molecule has 27 heavy (non-hydrogen) atoms. The highest BCUT2D eigenvalue weighted by Gasteiger charge is 2.26. The molecule has 1 aromatic heterocycles. The molecule has 0 unspecified atom stereocenters. The van der Waals surface area contributed by atoms with Crippen molar-refractivity contribution in [1.82, 2.24) is 9.88 Å². The number of thiazole rings is 1. The lowest BCUT2D eigenvalue weighted by Crippen LogP contribution is -2.36. The Labute approximate surface area is 163 Å². The van der Waals surface area contributed by atoms with Crippen molar-refractivity contribution in [3.05, 3.63) is 30.2 Å². The van der Waals surface area contributed by atoms with Crippen molar-refractivity contribution in [3.8, 4) is 5.75 Å². The van der Waals surface area contributed by atoms with Gasteiger partial charge in [0.1, 0.15) is 25.2 Å². The van der Waals surface area contributed by atoms with Gasteiger partial charge in [-0.05, 0) is 52.2 Å². The number of ether oxygens (including phenoxy) is 3. The summed E-state index contributed by atoms with van der Waals surface area (Å²) < 4.78 is 17.3. The first-order valence-corrected chi connectivity index (χ1v) is 9.84. The molecule has 0 saturated carbocycles. The number of nitrogens with zero attached hydrogens (tertiary/aromatic N) is 3. The van der Waals surface area contributed by atoms with Crippen LogP contribution in [0.2, 0.25) is 0 Å². The van der Waals surface area contributed by atoms with Crippen molar-refractivity contribution in [1.29, 1.82) is 0 Å². The number of amides is 1. The Bertz CT molecular complexity index is 818. The van der Waals surface area contributed by atoms with Gasteiger partial charge in [-0.1, -0.05) is 11.3 Å². The van der Waals surface area contributed by atoms with Gasteiger partial charge >= 0.3 is 0 Å². The quantitative estimate of drug-likeness (QED) is 0.690. The van der Waals surface area contributed by atoms with E-state index in [-0.39, 0.29) is 11.7 Å². The van der Waals surface area contributed by atoms with E-state index in [9.17, 15) is 4.79 Å². The molecule has 3 rings (SSSR count). The highest BCUT2D eigenvalue weighted by atomic mass is 32.1. The average molecular weight is 391 g/mol. The van der Waals surface area contributed by atoms with Crippen molar-refractivity contribution in [2.45, 2.75) is 13.3 Å². The van der Waals surface area contributed by atoms with E-state index in [1.54, 1.807) is 4.90 Å². The summed E-state index contributed by atoms with van der Waals surface area (Å²) in [7, 11) is 4.03. The molecule has 1 aliphatic heterocycles. The van der Waals surface area contributed by atoms with E-state index in [0.29, 0.717) is 31.5 Å². The topological polar surface area (TPSA) is 64.1 Å². The third-order valence-electron chi connectivity index (χ3n) is 3.98. The maximum absolute atomic E-state index is 13.0. The van der Waals surface area contributed by atoms with Crippen LogP contribution in [0.15, 0.2) is 30.2 Å². The fourth-order valence-corrected chi connectivity index (χ4v) is 3.73. The van der Waals surface area contributed by atoms with Crippen LogP contribution in [0.4, 0.5) is 5.13 Å². The summed E-state index contributed by atoms with van der Waals surface area (Å²) in [5.41, 5.74) is 0.846. The first-order chi connectivity index (χ1) is 13.1. The summed E-state index contributed by atoms with van der Waals surface area (Å²) >= 11 is 1.47. The van der Waals surface area contributed by atoms with Gasteiger partial charge in [0.05, 0.1) is 16.8 Å². The monoisotopic (exact) mass is 391 g/mol. The smallest absolute Gasteiger partial charge is 0.298 e. The summed E-state index contributed by atoms with van der Waals surface area (Å²) in [6.07, 6.45) is 2.22. The van der Waals surface area contributed by atoms with Gasteiger partial charge in [0.2, 0.25) is 5.76 Å². The first-order valence-electron chi connectivity index (χ1n) is 9.03. The Kier molecular flexibility index (Phi) is 6.52. The van der Waals surface area contributed by atoms with Crippen molar-refractivity contribution < 1.29 is 19.0 Å². The van der Waals surface area contributed by atoms with Gasteiger partial charge in [-0.3, -0.25) is 9.69 Å². The molecule has 1 aromatic carbocycles. The number of fused-ring (bicyclic) bond motifs is 1. The van der Waals surface area contributed by atoms with E-state index in [0.717, 1.165) is 28.9 Å². The number of aromatic nitrogens is 1. The number of hydrogen-bond donors (Lipinski definition) is 0. The van der Waals surface area contributed by atoms with Gasteiger partial charge in [0.15, 0.2) is 5.13 Å². The number of rotatable bonds is 8. The largest absolute Gasteiger partial charge is 0.494 e. The minimum absolute atomic E-state index is 0.223. The number of anilines is 1. The van der Waals surface area contributed by atoms with Crippen LogP contribution in [0.1, 0.15) is 13.3 Å². The molecule has 0 aliphatic carbocycles. The fourth-order valence-electron chi connectivity index (χ4n) is 2.71. The normalized spacial score (nSPS) is 13.9. The van der Waals surface area contributed by atoms with Crippen molar-refractivity contribution in [3.63, 3.8) is 0 Å². The van der Waals surface area contributed by atoms with Gasteiger partial charge in [-0.2, -0.15) is 0 Å². The van der Waals surface area contributed by atoms with Crippen LogP contribution in [0.3, 0.4) is 0 Å². The molecule has 0 spiro atoms. The molecule has 1 amide bonds. The van der Waals surface area contributed by atoms with Crippen LogP contribution in [0, 0.1) is 0 Å². The minimum Gasteiger partial charge on any atom is -0.494 e. The molecule has 0 N–H and O–H groups in total. The summed E-state index contributed by atoms with van der Waals surface area (Å²) in [5.74, 6) is 0.801. The second kappa shape index (κ2) is 9.05. The summed E-state index contributed by atoms with van der Waals surface area (Å²) in [6.45, 7) is 4.82. The van der Waals surface area contributed by atoms with Crippen LogP contribution >= 0.6 is 11.3 Å². The van der Waals surface area contributed by atoms with E-state index in [2.05, 4.69) is 9.88 Å². The highest BCUT2D eigenvalue weighted by molar-refractivity contribution is 7.22. The van der Waals surface area contributed by atoms with Gasteiger partial charge in [-0.15, -0.1) is 0 Å². The molecule has 0 atom stereocenters. The fraction of sp³-hybridized carbons (Fsp3) is 0.474. The van der Waals surface area contributed by atoms with Gasteiger partial charge in [0, 0.05) is 6.54 Å². The zero-order valence-electron chi connectivity index (χ0n) is 15.9. The molecule has 2 heterocycles. The summed E-state index contributed by atoms with van der Waals surface area (Å²) in [4.78, 5) is 21.4. The van der Waals surface area contributed by atoms with Gasteiger partial charge in [0.25, 0.3) is 5.91 Å². The summed E-state index contributed by atoms with van der Waals surface area (Å²) in [6, 6.07) is 5.78. The molecule has 0 bridgehead atoms. The maximum Gasteiger partial charge on any atom is 0.298 e. The molecule has 0 fully saturated rings. The lowest BCUT2D eigenvalue weighted by molar-refractivity contribution is -0.119. The Morgan fingerprint density at radius 3 is 2.85 bits per heavy atom. The van der Waals surface area contributed by atoms with Crippen LogP contribution in [-0.4, -0.2) is 62.8 Å². The van der Waals surface area contributed by atoms with Crippen LogP contribution in [-0.2, 0) is 14.3 Å². The third-order valence-corrected chi connectivity index (χ3v) is 5.02. The van der Waals surface area contributed by atoms with E-state index in [1.165, 1.54) is 17.6 Å². The van der Waals surface area contributed by atoms with Crippen molar-refractivity contribution >= 4 is 32.6 Å². The second-order valence-electron chi connectivity index (χ2n) is 6.37. The molecular weight excluding hydrogens is 366 g/mol. The Morgan fingerprint density at radius 2 is 2.15 bits per heavy atom. The van der Waals surface area contributed by atoms with Crippen LogP contribution in [0.5, 0.6) is 5.75 Å². The van der Waals surface area contributed by atoms with Crippen molar-refractivity contribution in [2.75, 3.05) is 51.9 Å². The van der Waals surface area contributed by atoms with Crippen molar-refractivity contribution in [2.24, 2.45) is 0 Å². The van der Waals surface area contributed by atoms with E-state index in [4.69, 9.17) is 14.2 Å². The van der Waals surface area contributed by atoms with Crippen LogP contribution in [0.25, 0.3) is 10.2 Å². The van der Waals surface area contributed by atoms with E-state index < -0.39 is 0 Å². The van der Waals surface area contributed by atoms with Gasteiger partial charge in [-0.25, -0.2) is 4.98 Å².